The predicted molar refractivity (Wildman–Crippen MR) is 269 cm³/mol. The van der Waals surface area contributed by atoms with Gasteiger partial charge in [0, 0.05) is 34.0 Å². The monoisotopic (exact) mass is 831 g/mol. The summed E-state index contributed by atoms with van der Waals surface area (Å²) >= 11 is 2.05. The zero-order chi connectivity index (χ0) is 42.7. The molecule has 9 aromatic carbocycles. The van der Waals surface area contributed by atoms with Gasteiger partial charge in [0.2, 0.25) is 0 Å². The van der Waals surface area contributed by atoms with Crippen LogP contribution in [0.2, 0.25) is 0 Å². The molecule has 3 nitrogen and oxygen atoms in total. The highest BCUT2D eigenvalue weighted by atomic mass is 32.2. The first kappa shape index (κ1) is 39.0. The largest absolute Gasteiger partial charge is 0.398 e. The minimum absolute atomic E-state index is 0.0293. The summed E-state index contributed by atoms with van der Waals surface area (Å²) in [7, 11) is 2.31. The highest BCUT2D eigenvalue weighted by molar-refractivity contribution is 8.00. The number of nitrogens with two attached hydrogens (primary N) is 1. The maximum atomic E-state index is 6.67. The first-order valence-corrected chi connectivity index (χ1v) is 23.0. The number of benzene rings is 9. The highest BCUT2D eigenvalue weighted by Gasteiger charge is 2.54. The van der Waals surface area contributed by atoms with Gasteiger partial charge in [-0.25, -0.2) is 0 Å². The second-order valence-electron chi connectivity index (χ2n) is 17.3. The van der Waals surface area contributed by atoms with Crippen LogP contribution in [0.15, 0.2) is 210 Å². The van der Waals surface area contributed by atoms with Crippen LogP contribution < -0.4 is 10.6 Å². The fraction of sp³-hybridized carbons (Fsp3) is 0.136. The van der Waals surface area contributed by atoms with Gasteiger partial charge in [-0.15, -0.1) is 11.8 Å². The molecule has 0 aliphatic carbocycles. The summed E-state index contributed by atoms with van der Waals surface area (Å²) in [4.78, 5) is 9.32. The Kier molecular flexibility index (Phi) is 9.77. The third-order valence-corrected chi connectivity index (χ3v) is 15.4. The number of fused-ring (bicyclic) bond motifs is 11. The van der Waals surface area contributed by atoms with Crippen LogP contribution >= 0.6 is 11.8 Å². The maximum Gasteiger partial charge on any atom is 0.0753 e. The van der Waals surface area contributed by atoms with Gasteiger partial charge in [-0.05, 0) is 108 Å². The van der Waals surface area contributed by atoms with Crippen LogP contribution in [-0.2, 0) is 5.41 Å². The van der Waals surface area contributed by atoms with Crippen molar-refractivity contribution in [2.45, 2.75) is 47.9 Å². The summed E-state index contributed by atoms with van der Waals surface area (Å²) in [6.07, 6.45) is 2.88. The van der Waals surface area contributed by atoms with E-state index in [2.05, 4.69) is 184 Å². The van der Waals surface area contributed by atoms with Gasteiger partial charge in [0.25, 0.3) is 0 Å². The molecule has 0 fully saturated rings. The minimum Gasteiger partial charge on any atom is -0.398 e. The molecule has 9 aromatic rings. The SMILES string of the molecule is CCC(N=C(/C=C(\N)c1ccccc1)c1ccccc1)c1ccc(-c2ccc3c(c2)N(C)C(c2ccc4c5ccccc5c5ccccc5c4c2)C2Sc4ccccc4C32C)cc1. The molecule has 306 valence electrons. The lowest BCUT2D eigenvalue weighted by molar-refractivity contribution is 0.447. The molecule has 2 aliphatic heterocycles. The number of hydrogen-bond donors (Lipinski definition) is 1. The number of thioether (sulfide) groups is 1. The molecule has 0 saturated heterocycles. The molecule has 4 unspecified atom stereocenters. The van der Waals surface area contributed by atoms with E-state index >= 15 is 0 Å². The first-order chi connectivity index (χ1) is 30.9. The van der Waals surface area contributed by atoms with E-state index in [1.807, 2.05) is 54.2 Å². The van der Waals surface area contributed by atoms with E-state index in [1.54, 1.807) is 0 Å². The van der Waals surface area contributed by atoms with Crippen LogP contribution in [0, 0.1) is 0 Å². The number of rotatable bonds is 8. The fourth-order valence-electron chi connectivity index (χ4n) is 10.5. The lowest BCUT2D eigenvalue weighted by atomic mass is 9.67. The van der Waals surface area contributed by atoms with Gasteiger partial charge < -0.3 is 10.6 Å². The average molecular weight is 832 g/mol. The van der Waals surface area contributed by atoms with Gasteiger partial charge in [-0.3, -0.25) is 4.99 Å². The molecule has 4 atom stereocenters. The zero-order valence-corrected chi connectivity index (χ0v) is 36.7. The van der Waals surface area contributed by atoms with Crippen LogP contribution in [0.5, 0.6) is 0 Å². The van der Waals surface area contributed by atoms with Crippen LogP contribution in [-0.4, -0.2) is 18.0 Å². The Balaban J connectivity index is 0.987. The van der Waals surface area contributed by atoms with Crippen molar-refractivity contribution < 1.29 is 0 Å². The van der Waals surface area contributed by atoms with Gasteiger partial charge in [-0.2, -0.15) is 0 Å². The first-order valence-electron chi connectivity index (χ1n) is 22.1. The summed E-state index contributed by atoms with van der Waals surface area (Å²) in [6, 6.07) is 71.0. The number of aliphatic imine (C=N–C) groups is 1. The Labute approximate surface area is 374 Å². The Bertz CT molecular complexity index is 3210. The van der Waals surface area contributed by atoms with Gasteiger partial charge in [0.05, 0.1) is 17.8 Å². The van der Waals surface area contributed by atoms with E-state index in [9.17, 15) is 0 Å². The van der Waals surface area contributed by atoms with Gasteiger partial charge in [-0.1, -0.05) is 190 Å². The molecule has 4 heteroatoms. The molecular formula is C59H49N3S. The topological polar surface area (TPSA) is 41.6 Å². The van der Waals surface area contributed by atoms with Crippen molar-refractivity contribution in [1.29, 1.82) is 0 Å². The minimum atomic E-state index is -0.183. The smallest absolute Gasteiger partial charge is 0.0753 e. The Morgan fingerprint density at radius 1 is 0.619 bits per heavy atom. The van der Waals surface area contributed by atoms with E-state index < -0.39 is 0 Å². The molecule has 2 aliphatic rings. The number of nitrogens with zero attached hydrogens (tertiary/aromatic N) is 2. The summed E-state index contributed by atoms with van der Waals surface area (Å²) < 4.78 is 0. The van der Waals surface area contributed by atoms with E-state index in [4.69, 9.17) is 10.7 Å². The molecule has 0 radical (unpaired) electrons. The quantitative estimate of drug-likeness (QED) is 0.122. The summed E-state index contributed by atoms with van der Waals surface area (Å²) in [5.41, 5.74) is 19.1. The third kappa shape index (κ3) is 6.55. The Hall–Kier alpha value is -6.88. The molecule has 0 saturated carbocycles. The Morgan fingerprint density at radius 2 is 1.19 bits per heavy atom. The third-order valence-electron chi connectivity index (χ3n) is 13.8. The average Bonchev–Trinajstić information content (AvgIpc) is 3.65. The Morgan fingerprint density at radius 3 is 1.86 bits per heavy atom. The van der Waals surface area contributed by atoms with Crippen molar-refractivity contribution in [3.05, 3.63) is 234 Å². The second kappa shape index (κ2) is 15.8. The second-order valence-corrected chi connectivity index (χ2v) is 18.5. The van der Waals surface area contributed by atoms with E-state index in [-0.39, 0.29) is 22.7 Å². The van der Waals surface area contributed by atoms with Crippen molar-refractivity contribution in [3.63, 3.8) is 0 Å². The summed E-state index contributed by atoms with van der Waals surface area (Å²) in [5, 5.41) is 8.14. The van der Waals surface area contributed by atoms with Crippen molar-refractivity contribution in [2.75, 3.05) is 11.9 Å². The van der Waals surface area contributed by atoms with Gasteiger partial charge in [0.15, 0.2) is 0 Å². The molecule has 2 heterocycles. The number of hydrogen-bond acceptors (Lipinski definition) is 4. The molecule has 0 bridgehead atoms. The normalized spacial score (nSPS) is 18.9. The van der Waals surface area contributed by atoms with E-state index in [0.717, 1.165) is 23.3 Å². The van der Waals surface area contributed by atoms with E-state index in [0.29, 0.717) is 5.70 Å². The lowest BCUT2D eigenvalue weighted by Crippen LogP contribution is -2.48. The van der Waals surface area contributed by atoms with Crippen LogP contribution in [0.3, 0.4) is 0 Å². The van der Waals surface area contributed by atoms with Gasteiger partial charge >= 0.3 is 0 Å². The van der Waals surface area contributed by atoms with Crippen molar-refractivity contribution in [3.8, 4) is 11.1 Å². The molecule has 0 spiro atoms. The number of allylic oxidation sites excluding steroid dienone is 1. The van der Waals surface area contributed by atoms with E-state index in [1.165, 1.54) is 76.3 Å². The standard InChI is InChI=1S/C59H49N3S/c1-4-53(61-54(40-19-9-6-10-20-40)37-52(60)39-17-7-5-8-18-39)41-29-27-38(28-30-41)42-32-34-50-55(36-42)62(3)57(58-59(50,2)51-25-15-16-26-56(51)63-58)43-31-33-48-46-23-12-11-21-44(46)45-22-13-14-24-47(45)49(48)35-43/h5-37,53,57-58H,4,60H2,1-3H3/b52-37-,61-54?. The van der Waals surface area contributed by atoms with Gasteiger partial charge in [0.1, 0.15) is 0 Å². The van der Waals surface area contributed by atoms with Crippen molar-refractivity contribution in [1.82, 2.24) is 0 Å². The zero-order valence-electron chi connectivity index (χ0n) is 35.9. The maximum absolute atomic E-state index is 6.67. The molecular weight excluding hydrogens is 783 g/mol. The van der Waals surface area contributed by atoms with Crippen molar-refractivity contribution in [2.24, 2.45) is 10.7 Å². The van der Waals surface area contributed by atoms with Crippen LogP contribution in [0.4, 0.5) is 5.69 Å². The summed E-state index contributed by atoms with van der Waals surface area (Å²) in [5.74, 6) is 0. The molecule has 0 aromatic heterocycles. The molecule has 11 rings (SSSR count). The highest BCUT2D eigenvalue weighted by Crippen LogP contribution is 2.62. The summed E-state index contributed by atoms with van der Waals surface area (Å²) in [6.45, 7) is 4.70. The van der Waals surface area contributed by atoms with Crippen LogP contribution in [0.25, 0.3) is 49.1 Å². The number of anilines is 1. The fourth-order valence-corrected chi connectivity index (χ4v) is 12.3. The van der Waals surface area contributed by atoms with Crippen molar-refractivity contribution >= 4 is 61.2 Å². The molecule has 0 amide bonds. The predicted octanol–water partition coefficient (Wildman–Crippen LogP) is 14.7. The lowest BCUT2D eigenvalue weighted by Gasteiger charge is -2.49. The van der Waals surface area contributed by atoms with Crippen LogP contribution in [0.1, 0.15) is 65.7 Å². The molecule has 63 heavy (non-hydrogen) atoms. The molecule has 2 N–H and O–H groups in total.